The van der Waals surface area contributed by atoms with Gasteiger partial charge in [-0.3, -0.25) is 0 Å². The van der Waals surface area contributed by atoms with Gasteiger partial charge in [0.05, 0.1) is 6.61 Å². The Hall–Kier alpha value is -1.61. The second-order valence-electron chi connectivity index (χ2n) is 5.21. The van der Waals surface area contributed by atoms with Crippen molar-refractivity contribution in [2.75, 3.05) is 11.4 Å². The normalized spacial score (nSPS) is 19.3. The van der Waals surface area contributed by atoms with Crippen LogP contribution in [0.25, 0.3) is 10.8 Å². The predicted octanol–water partition coefficient (Wildman–Crippen LogP) is 3.11. The molecule has 3 rings (SSSR count). The fraction of sp³-hybridized carbons (Fsp3) is 0.438. The Morgan fingerprint density at radius 2 is 2.11 bits per heavy atom. The second-order valence-corrected chi connectivity index (χ2v) is 5.21. The van der Waals surface area contributed by atoms with E-state index in [-0.39, 0.29) is 6.61 Å². The third kappa shape index (κ3) is 2.08. The van der Waals surface area contributed by atoms with E-state index in [1.54, 1.807) is 0 Å². The van der Waals surface area contributed by atoms with Crippen molar-refractivity contribution in [3.8, 4) is 0 Å². The lowest BCUT2D eigenvalue weighted by atomic mass is 10.1. The van der Waals surface area contributed by atoms with Crippen molar-refractivity contribution in [2.24, 2.45) is 0 Å². The van der Waals surface area contributed by atoms with E-state index in [4.69, 9.17) is 0 Å². The Bertz CT molecular complexity index is 582. The van der Waals surface area contributed by atoms with Crippen molar-refractivity contribution >= 4 is 16.6 Å². The summed E-state index contributed by atoms with van der Waals surface area (Å²) in [6.07, 6.45) is 5.49. The van der Waals surface area contributed by atoms with Crippen LogP contribution in [0.1, 0.15) is 31.7 Å². The molecule has 2 aromatic rings. The molecule has 1 aliphatic heterocycles. The molecule has 1 atom stereocenters. The number of aliphatic hydroxyl groups is 1. The van der Waals surface area contributed by atoms with Gasteiger partial charge in [0.15, 0.2) is 0 Å². The zero-order valence-electron chi connectivity index (χ0n) is 11.3. The molecule has 1 saturated heterocycles. The summed E-state index contributed by atoms with van der Waals surface area (Å²) in [7, 11) is 0. The number of anilines is 1. The molecule has 1 aliphatic rings. The quantitative estimate of drug-likeness (QED) is 0.916. The molecule has 19 heavy (non-hydrogen) atoms. The highest BCUT2D eigenvalue weighted by molar-refractivity contribution is 5.94. The van der Waals surface area contributed by atoms with Crippen LogP contribution >= 0.6 is 0 Å². The van der Waals surface area contributed by atoms with E-state index in [2.05, 4.69) is 28.9 Å². The standard InChI is InChI=1S/C16H20N2O/c1-2-13-6-5-9-18(13)16-15-8-4-3-7-14(15)12(11-19)10-17-16/h3-4,7-8,10,13,19H,2,5-6,9,11H2,1H3. The number of rotatable bonds is 3. The average molecular weight is 256 g/mol. The Morgan fingerprint density at radius 3 is 2.84 bits per heavy atom. The summed E-state index contributed by atoms with van der Waals surface area (Å²) in [5, 5.41) is 11.7. The molecule has 0 spiro atoms. The molecule has 3 heteroatoms. The first-order chi connectivity index (χ1) is 9.35. The molecule has 1 fully saturated rings. The minimum Gasteiger partial charge on any atom is -0.392 e. The van der Waals surface area contributed by atoms with Gasteiger partial charge in [-0.2, -0.15) is 0 Å². The number of hydrogen-bond donors (Lipinski definition) is 1. The second kappa shape index (κ2) is 5.17. The monoisotopic (exact) mass is 256 g/mol. The third-order valence-corrected chi connectivity index (χ3v) is 4.15. The van der Waals surface area contributed by atoms with Crippen LogP contribution in [0.15, 0.2) is 30.5 Å². The Morgan fingerprint density at radius 1 is 1.32 bits per heavy atom. The number of aromatic nitrogens is 1. The van der Waals surface area contributed by atoms with Crippen molar-refractivity contribution < 1.29 is 5.11 Å². The van der Waals surface area contributed by atoms with E-state index in [1.165, 1.54) is 12.8 Å². The lowest BCUT2D eigenvalue weighted by Gasteiger charge is -2.26. The summed E-state index contributed by atoms with van der Waals surface area (Å²) >= 11 is 0. The van der Waals surface area contributed by atoms with Crippen molar-refractivity contribution in [3.63, 3.8) is 0 Å². The summed E-state index contributed by atoms with van der Waals surface area (Å²) in [6.45, 7) is 3.38. The van der Waals surface area contributed by atoms with Gasteiger partial charge >= 0.3 is 0 Å². The van der Waals surface area contributed by atoms with Crippen LogP contribution < -0.4 is 4.90 Å². The van der Waals surface area contributed by atoms with Crippen LogP contribution in [0.5, 0.6) is 0 Å². The van der Waals surface area contributed by atoms with Gasteiger partial charge in [-0.1, -0.05) is 31.2 Å². The van der Waals surface area contributed by atoms with Gasteiger partial charge in [-0.25, -0.2) is 4.98 Å². The van der Waals surface area contributed by atoms with Gasteiger partial charge in [0, 0.05) is 29.7 Å². The van der Waals surface area contributed by atoms with Gasteiger partial charge in [0.2, 0.25) is 0 Å². The Labute approximate surface area is 113 Å². The van der Waals surface area contributed by atoms with Crippen LogP contribution in [0, 0.1) is 0 Å². The highest BCUT2D eigenvalue weighted by Gasteiger charge is 2.25. The molecule has 1 unspecified atom stereocenters. The fourth-order valence-corrected chi connectivity index (χ4v) is 3.13. The zero-order valence-corrected chi connectivity index (χ0v) is 11.3. The lowest BCUT2D eigenvalue weighted by molar-refractivity contribution is 0.283. The SMILES string of the molecule is CCC1CCCN1c1ncc(CO)c2ccccc12. The summed E-state index contributed by atoms with van der Waals surface area (Å²) in [5.41, 5.74) is 0.909. The molecule has 2 heterocycles. The van der Waals surface area contributed by atoms with Gasteiger partial charge in [-0.15, -0.1) is 0 Å². The first-order valence-electron chi connectivity index (χ1n) is 7.09. The minimum atomic E-state index is 0.0466. The maximum Gasteiger partial charge on any atom is 0.136 e. The predicted molar refractivity (Wildman–Crippen MR) is 78.3 cm³/mol. The molecule has 1 aromatic carbocycles. The minimum absolute atomic E-state index is 0.0466. The number of fused-ring (bicyclic) bond motifs is 1. The molecule has 1 N–H and O–H groups in total. The maximum atomic E-state index is 9.44. The van der Waals surface area contributed by atoms with Crippen LogP contribution in [0.4, 0.5) is 5.82 Å². The van der Waals surface area contributed by atoms with E-state index in [0.717, 1.165) is 35.1 Å². The van der Waals surface area contributed by atoms with Crippen LogP contribution in [-0.2, 0) is 6.61 Å². The first kappa shape index (κ1) is 12.4. The van der Waals surface area contributed by atoms with Crippen LogP contribution in [-0.4, -0.2) is 22.7 Å². The number of aliphatic hydroxyl groups excluding tert-OH is 1. The van der Waals surface area contributed by atoms with Crippen molar-refractivity contribution in [1.82, 2.24) is 4.98 Å². The Kier molecular flexibility index (Phi) is 3.38. The molecule has 0 aliphatic carbocycles. The molecule has 0 radical (unpaired) electrons. The molecule has 3 nitrogen and oxygen atoms in total. The van der Waals surface area contributed by atoms with E-state index >= 15 is 0 Å². The highest BCUT2D eigenvalue weighted by Crippen LogP contribution is 2.32. The van der Waals surface area contributed by atoms with Gasteiger partial charge in [0.1, 0.15) is 5.82 Å². The largest absolute Gasteiger partial charge is 0.392 e. The lowest BCUT2D eigenvalue weighted by Crippen LogP contribution is -2.29. The summed E-state index contributed by atoms with van der Waals surface area (Å²) < 4.78 is 0. The average Bonchev–Trinajstić information content (AvgIpc) is 2.94. The maximum absolute atomic E-state index is 9.44. The van der Waals surface area contributed by atoms with Gasteiger partial charge in [-0.05, 0) is 24.6 Å². The molecule has 0 saturated carbocycles. The smallest absolute Gasteiger partial charge is 0.136 e. The van der Waals surface area contributed by atoms with Crippen LogP contribution in [0.2, 0.25) is 0 Å². The van der Waals surface area contributed by atoms with Gasteiger partial charge in [0.25, 0.3) is 0 Å². The molecular formula is C16H20N2O. The van der Waals surface area contributed by atoms with E-state index in [9.17, 15) is 5.11 Å². The summed E-state index contributed by atoms with van der Waals surface area (Å²) in [5.74, 6) is 1.08. The zero-order chi connectivity index (χ0) is 13.2. The molecule has 1 aromatic heterocycles. The number of nitrogens with zero attached hydrogens (tertiary/aromatic N) is 2. The van der Waals surface area contributed by atoms with Crippen LogP contribution in [0.3, 0.4) is 0 Å². The number of hydrogen-bond acceptors (Lipinski definition) is 3. The topological polar surface area (TPSA) is 36.4 Å². The van der Waals surface area contributed by atoms with Crippen molar-refractivity contribution in [2.45, 2.75) is 38.8 Å². The molecular weight excluding hydrogens is 236 g/mol. The molecule has 0 amide bonds. The summed E-state index contributed by atoms with van der Waals surface area (Å²) in [6, 6.07) is 8.86. The highest BCUT2D eigenvalue weighted by atomic mass is 16.3. The van der Waals surface area contributed by atoms with E-state index in [0.29, 0.717) is 6.04 Å². The van der Waals surface area contributed by atoms with Gasteiger partial charge < -0.3 is 10.0 Å². The fourth-order valence-electron chi connectivity index (χ4n) is 3.13. The first-order valence-corrected chi connectivity index (χ1v) is 7.09. The molecule has 100 valence electrons. The summed E-state index contributed by atoms with van der Waals surface area (Å²) in [4.78, 5) is 7.06. The number of benzene rings is 1. The van der Waals surface area contributed by atoms with E-state index in [1.807, 2.05) is 18.3 Å². The van der Waals surface area contributed by atoms with E-state index < -0.39 is 0 Å². The van der Waals surface area contributed by atoms with Crippen molar-refractivity contribution in [3.05, 3.63) is 36.0 Å². The molecule has 0 bridgehead atoms. The Balaban J connectivity index is 2.14. The van der Waals surface area contributed by atoms with Crippen molar-refractivity contribution in [1.29, 1.82) is 0 Å². The number of pyridine rings is 1. The third-order valence-electron chi connectivity index (χ3n) is 4.15.